The van der Waals surface area contributed by atoms with Crippen LogP contribution < -0.4 is 14.9 Å². The summed E-state index contributed by atoms with van der Waals surface area (Å²) in [7, 11) is -7.46. The number of nitrogens with one attached hydrogen (secondary N) is 2. The van der Waals surface area contributed by atoms with E-state index in [1.165, 1.54) is 38.6 Å². The Morgan fingerprint density at radius 2 is 1.63 bits per heavy atom. The second-order valence-corrected chi connectivity index (χ2v) is 13.3. The number of hydrogen-bond acceptors (Lipinski definition) is 9. The van der Waals surface area contributed by atoms with E-state index in [9.17, 15) is 36.7 Å². The van der Waals surface area contributed by atoms with E-state index in [-0.39, 0.29) is 44.2 Å². The van der Waals surface area contributed by atoms with Gasteiger partial charge in [0.05, 0.1) is 16.7 Å². The number of amides is 1. The van der Waals surface area contributed by atoms with Crippen molar-refractivity contribution >= 4 is 42.9 Å². The second-order valence-electron chi connectivity index (χ2n) is 9.50. The number of ether oxygens (including phenoxy) is 1. The number of sulfonamides is 2. The van der Waals surface area contributed by atoms with Gasteiger partial charge in [0.1, 0.15) is 18.4 Å². The van der Waals surface area contributed by atoms with E-state index in [1.807, 2.05) is 0 Å². The summed E-state index contributed by atoms with van der Waals surface area (Å²) in [6.07, 6.45) is -0.0221. The first-order valence-electron chi connectivity index (χ1n) is 12.5. The summed E-state index contributed by atoms with van der Waals surface area (Å²) in [4.78, 5) is 25.5. The highest BCUT2D eigenvalue weighted by molar-refractivity contribution is 7.89. The zero-order chi connectivity index (χ0) is 29.9. The maximum atomic E-state index is 13.0. The van der Waals surface area contributed by atoms with Crippen LogP contribution in [0.4, 0.5) is 4.79 Å². The van der Waals surface area contributed by atoms with Crippen LogP contribution in [0.3, 0.4) is 0 Å². The molecule has 0 radical (unpaired) electrons. The van der Waals surface area contributed by atoms with Crippen molar-refractivity contribution in [1.29, 1.82) is 0 Å². The number of carbonyl (C=O) groups is 2. The standard InChI is InChI=1S/C25H31N5O9S2/c1-17-21(20-5-3-4-6-22(20)30(17)25(32)33)16-39-18-7-9-19(10-8-18)41(37,38)26-15-23(24(31)27-34)28-11-13-29(14-12-28)40(2,35)36/h3-10,23,26,34H,11-16H2,1-2H3,(H,27,31)(H,32,33)/t23-/m0/s1. The summed E-state index contributed by atoms with van der Waals surface area (Å²) < 4.78 is 60.1. The minimum Gasteiger partial charge on any atom is -0.489 e. The Hall–Kier alpha value is -3.54. The summed E-state index contributed by atoms with van der Waals surface area (Å²) in [5.74, 6) is -0.472. The van der Waals surface area contributed by atoms with Gasteiger partial charge < -0.3 is 9.84 Å². The topological polar surface area (TPSA) is 188 Å². The zero-order valence-corrected chi connectivity index (χ0v) is 24.0. The average Bonchev–Trinajstić information content (AvgIpc) is 3.22. The molecule has 1 aromatic heterocycles. The summed E-state index contributed by atoms with van der Waals surface area (Å²) in [6.45, 7) is 1.97. The fraction of sp³-hybridized carbons (Fsp3) is 0.360. The van der Waals surface area contributed by atoms with Crippen molar-refractivity contribution in [1.82, 2.24) is 24.0 Å². The van der Waals surface area contributed by atoms with Crippen LogP contribution in [-0.2, 0) is 31.4 Å². The van der Waals surface area contributed by atoms with E-state index in [1.54, 1.807) is 36.1 Å². The number of fused-ring (bicyclic) bond motifs is 1. The number of nitrogens with zero attached hydrogens (tertiary/aromatic N) is 3. The van der Waals surface area contributed by atoms with Gasteiger partial charge in [-0.15, -0.1) is 0 Å². The maximum Gasteiger partial charge on any atom is 0.416 e. The van der Waals surface area contributed by atoms with Crippen LogP contribution in [0.25, 0.3) is 10.9 Å². The number of piperazine rings is 1. The Balaban J connectivity index is 1.42. The predicted molar refractivity (Wildman–Crippen MR) is 148 cm³/mol. The normalized spacial score (nSPS) is 16.0. The van der Waals surface area contributed by atoms with Crippen molar-refractivity contribution in [3.05, 3.63) is 59.8 Å². The van der Waals surface area contributed by atoms with Crippen LogP contribution in [0, 0.1) is 6.92 Å². The largest absolute Gasteiger partial charge is 0.489 e. The molecule has 1 atom stereocenters. The first-order valence-corrected chi connectivity index (χ1v) is 15.8. The molecule has 0 bridgehead atoms. The molecule has 2 heterocycles. The third-order valence-electron chi connectivity index (χ3n) is 7.01. The third kappa shape index (κ3) is 6.69. The van der Waals surface area contributed by atoms with Crippen LogP contribution in [0.1, 0.15) is 11.3 Å². The molecular formula is C25H31N5O9S2. The van der Waals surface area contributed by atoms with Crippen molar-refractivity contribution in [3.8, 4) is 5.75 Å². The molecule has 16 heteroatoms. The van der Waals surface area contributed by atoms with Crippen molar-refractivity contribution in [3.63, 3.8) is 0 Å². The number of hydrogen-bond donors (Lipinski definition) is 4. The average molecular weight is 610 g/mol. The summed E-state index contributed by atoms with van der Waals surface area (Å²) in [5.41, 5.74) is 3.28. The Morgan fingerprint density at radius 1 is 1.00 bits per heavy atom. The van der Waals surface area contributed by atoms with Gasteiger partial charge in [-0.05, 0) is 37.3 Å². The van der Waals surface area contributed by atoms with Gasteiger partial charge >= 0.3 is 6.09 Å². The van der Waals surface area contributed by atoms with Gasteiger partial charge in [-0.3, -0.25) is 14.9 Å². The minimum absolute atomic E-state index is 0.0571. The van der Waals surface area contributed by atoms with E-state index in [2.05, 4.69) is 4.72 Å². The summed E-state index contributed by atoms with van der Waals surface area (Å²) in [5, 5.41) is 19.5. The molecule has 1 aliphatic heterocycles. The number of carboxylic acid groups (broad SMARTS) is 1. The molecular weight excluding hydrogens is 578 g/mol. The zero-order valence-electron chi connectivity index (χ0n) is 22.3. The van der Waals surface area contributed by atoms with Crippen molar-refractivity contribution in [2.24, 2.45) is 0 Å². The van der Waals surface area contributed by atoms with Gasteiger partial charge in [0.15, 0.2) is 0 Å². The third-order valence-corrected chi connectivity index (χ3v) is 9.76. The Kier molecular flexibility index (Phi) is 9.00. The lowest BCUT2D eigenvalue weighted by Crippen LogP contribution is -2.58. The van der Waals surface area contributed by atoms with Gasteiger partial charge in [0, 0.05) is 49.4 Å². The van der Waals surface area contributed by atoms with E-state index < -0.39 is 38.1 Å². The summed E-state index contributed by atoms with van der Waals surface area (Å²) >= 11 is 0. The molecule has 0 saturated carbocycles. The number of benzene rings is 2. The highest BCUT2D eigenvalue weighted by atomic mass is 32.2. The van der Waals surface area contributed by atoms with Gasteiger partial charge in [0.25, 0.3) is 5.91 Å². The van der Waals surface area contributed by atoms with Crippen LogP contribution in [-0.4, -0.2) is 97.9 Å². The smallest absolute Gasteiger partial charge is 0.416 e. The molecule has 4 N–H and O–H groups in total. The van der Waals surface area contributed by atoms with Crippen LogP contribution in [0.2, 0.25) is 0 Å². The quantitative estimate of drug-likeness (QED) is 0.189. The predicted octanol–water partition coefficient (Wildman–Crippen LogP) is 0.784. The second kappa shape index (κ2) is 12.1. The molecule has 1 saturated heterocycles. The number of para-hydroxylation sites is 1. The first kappa shape index (κ1) is 30.4. The minimum atomic E-state index is -4.06. The van der Waals surface area contributed by atoms with E-state index >= 15 is 0 Å². The maximum absolute atomic E-state index is 13.0. The molecule has 1 amide bonds. The number of aromatic nitrogens is 1. The van der Waals surface area contributed by atoms with Gasteiger partial charge in [-0.25, -0.2) is 36.4 Å². The molecule has 3 aromatic rings. The number of carbonyl (C=O) groups excluding carboxylic acids is 1. The Bertz CT molecular complexity index is 1650. The summed E-state index contributed by atoms with van der Waals surface area (Å²) in [6, 6.07) is 11.6. The molecule has 0 unspecified atom stereocenters. The van der Waals surface area contributed by atoms with Crippen molar-refractivity contribution < 1.29 is 41.5 Å². The first-order chi connectivity index (χ1) is 19.3. The number of rotatable bonds is 10. The van der Waals surface area contributed by atoms with Gasteiger partial charge in [-0.2, -0.15) is 4.31 Å². The lowest BCUT2D eigenvalue weighted by atomic mass is 10.1. The Morgan fingerprint density at radius 3 is 2.22 bits per heavy atom. The molecule has 0 aliphatic carbocycles. The SMILES string of the molecule is Cc1c(COc2ccc(S(=O)(=O)NC[C@@H](C(=O)NO)N3CCN(S(C)(=O)=O)CC3)cc2)c2ccccc2n1C(=O)O. The molecule has 1 fully saturated rings. The van der Waals surface area contributed by atoms with Crippen molar-refractivity contribution in [2.75, 3.05) is 39.0 Å². The van der Waals surface area contributed by atoms with Gasteiger partial charge in [-0.1, -0.05) is 18.2 Å². The van der Waals surface area contributed by atoms with E-state index in [0.717, 1.165) is 11.6 Å². The molecule has 0 spiro atoms. The molecule has 1 aliphatic rings. The lowest BCUT2D eigenvalue weighted by molar-refractivity contribution is -0.135. The Labute approximate surface area is 237 Å². The fourth-order valence-corrected chi connectivity index (χ4v) is 6.68. The highest BCUT2D eigenvalue weighted by Gasteiger charge is 2.32. The fourth-order valence-electron chi connectivity index (χ4n) is 4.81. The van der Waals surface area contributed by atoms with E-state index in [4.69, 9.17) is 4.74 Å². The van der Waals surface area contributed by atoms with E-state index in [0.29, 0.717) is 22.5 Å². The molecule has 2 aromatic carbocycles. The van der Waals surface area contributed by atoms with Crippen LogP contribution >= 0.6 is 0 Å². The van der Waals surface area contributed by atoms with Gasteiger partial charge in [0.2, 0.25) is 20.0 Å². The van der Waals surface area contributed by atoms with Crippen molar-refractivity contribution in [2.45, 2.75) is 24.5 Å². The molecule has 4 rings (SSSR count). The lowest BCUT2D eigenvalue weighted by Gasteiger charge is -2.37. The molecule has 222 valence electrons. The van der Waals surface area contributed by atoms with Crippen LogP contribution in [0.15, 0.2) is 53.4 Å². The van der Waals surface area contributed by atoms with Crippen LogP contribution in [0.5, 0.6) is 5.75 Å². The molecule has 14 nitrogen and oxygen atoms in total. The number of hydroxylamine groups is 1. The monoisotopic (exact) mass is 609 g/mol. The highest BCUT2D eigenvalue weighted by Crippen LogP contribution is 2.27. The molecule has 41 heavy (non-hydrogen) atoms.